The van der Waals surface area contributed by atoms with Crippen molar-refractivity contribution in [3.05, 3.63) is 59.7 Å². The molecule has 1 N–H and O–H groups in total. The molecule has 1 aliphatic carbocycles. The fraction of sp³-hybridized carbons (Fsp3) is 0.375. The van der Waals surface area contributed by atoms with Gasteiger partial charge in [-0.25, -0.2) is 10.2 Å². The SMILES string of the molecule is CCCOc1ccc(C(=O)Oc2ccc(C=NNC(=O)C3CCCCC3)cc2)cc1. The Bertz CT molecular complexity index is 854. The number of ether oxygens (including phenoxy) is 2. The summed E-state index contributed by atoms with van der Waals surface area (Å²) in [6.07, 6.45) is 7.82. The van der Waals surface area contributed by atoms with Crippen molar-refractivity contribution in [2.75, 3.05) is 6.61 Å². The summed E-state index contributed by atoms with van der Waals surface area (Å²) in [6, 6.07) is 13.8. The molecule has 0 aromatic heterocycles. The van der Waals surface area contributed by atoms with E-state index in [-0.39, 0.29) is 11.8 Å². The number of nitrogens with zero attached hydrogens (tertiary/aromatic N) is 1. The average molecular weight is 408 g/mol. The summed E-state index contributed by atoms with van der Waals surface area (Å²) >= 11 is 0. The van der Waals surface area contributed by atoms with Gasteiger partial charge in [-0.1, -0.05) is 26.2 Å². The Morgan fingerprint density at radius 2 is 1.67 bits per heavy atom. The maximum atomic E-state index is 12.3. The van der Waals surface area contributed by atoms with Gasteiger partial charge in [-0.15, -0.1) is 0 Å². The number of benzene rings is 2. The molecular weight excluding hydrogens is 380 g/mol. The van der Waals surface area contributed by atoms with E-state index in [1.807, 2.05) is 6.92 Å². The molecule has 0 bridgehead atoms. The first-order valence-electron chi connectivity index (χ1n) is 10.5. The zero-order valence-electron chi connectivity index (χ0n) is 17.3. The molecule has 0 unspecified atom stereocenters. The van der Waals surface area contributed by atoms with Crippen LogP contribution in [0, 0.1) is 5.92 Å². The van der Waals surface area contributed by atoms with E-state index < -0.39 is 5.97 Å². The van der Waals surface area contributed by atoms with E-state index in [0.29, 0.717) is 17.9 Å². The molecule has 2 aromatic carbocycles. The number of carbonyl (C=O) groups is 2. The standard InChI is InChI=1S/C24H28N2O4/c1-2-16-29-21-14-10-20(11-15-21)24(28)30-22-12-8-18(9-13-22)17-25-26-23(27)19-6-4-3-5-7-19/h8-15,17,19H,2-7,16H2,1H3,(H,26,27). The maximum absolute atomic E-state index is 12.3. The van der Waals surface area contributed by atoms with Crippen molar-refractivity contribution >= 4 is 18.1 Å². The van der Waals surface area contributed by atoms with Crippen LogP contribution in [0.4, 0.5) is 0 Å². The lowest BCUT2D eigenvalue weighted by atomic mass is 9.89. The van der Waals surface area contributed by atoms with Crippen LogP contribution in [0.1, 0.15) is 61.4 Å². The Labute approximate surface area is 177 Å². The zero-order chi connectivity index (χ0) is 21.2. The van der Waals surface area contributed by atoms with Gasteiger partial charge in [-0.3, -0.25) is 4.79 Å². The number of hydrogen-bond donors (Lipinski definition) is 1. The van der Waals surface area contributed by atoms with Crippen LogP contribution >= 0.6 is 0 Å². The first-order valence-corrected chi connectivity index (χ1v) is 10.5. The van der Waals surface area contributed by atoms with E-state index >= 15 is 0 Å². The molecule has 30 heavy (non-hydrogen) atoms. The van der Waals surface area contributed by atoms with Crippen molar-refractivity contribution < 1.29 is 19.1 Å². The van der Waals surface area contributed by atoms with Crippen molar-refractivity contribution in [1.82, 2.24) is 5.43 Å². The van der Waals surface area contributed by atoms with Crippen LogP contribution in [0.2, 0.25) is 0 Å². The number of hydrogen-bond acceptors (Lipinski definition) is 5. The van der Waals surface area contributed by atoms with Crippen LogP contribution in [0.15, 0.2) is 53.6 Å². The van der Waals surface area contributed by atoms with Gasteiger partial charge >= 0.3 is 5.97 Å². The minimum Gasteiger partial charge on any atom is -0.494 e. The molecule has 0 radical (unpaired) electrons. The highest BCUT2D eigenvalue weighted by atomic mass is 16.5. The normalized spacial score (nSPS) is 14.4. The molecule has 2 aromatic rings. The maximum Gasteiger partial charge on any atom is 0.343 e. The number of esters is 1. The summed E-state index contributed by atoms with van der Waals surface area (Å²) in [6.45, 7) is 2.68. The molecule has 0 heterocycles. The molecule has 1 aliphatic rings. The Kier molecular flexibility index (Phi) is 8.01. The van der Waals surface area contributed by atoms with Crippen LogP contribution in [0.25, 0.3) is 0 Å². The van der Waals surface area contributed by atoms with Gasteiger partial charge in [0.15, 0.2) is 0 Å². The van der Waals surface area contributed by atoms with Gasteiger partial charge in [-0.05, 0) is 73.4 Å². The number of carbonyl (C=O) groups excluding carboxylic acids is 2. The molecule has 6 nitrogen and oxygen atoms in total. The quantitative estimate of drug-likeness (QED) is 0.297. The number of amides is 1. The minimum absolute atomic E-state index is 0.0115. The van der Waals surface area contributed by atoms with Crippen molar-refractivity contribution in [3.8, 4) is 11.5 Å². The van der Waals surface area contributed by atoms with Crippen molar-refractivity contribution in [2.45, 2.75) is 45.4 Å². The summed E-state index contributed by atoms with van der Waals surface area (Å²) in [4.78, 5) is 24.4. The largest absolute Gasteiger partial charge is 0.494 e. The summed E-state index contributed by atoms with van der Waals surface area (Å²) in [5, 5.41) is 4.04. The van der Waals surface area contributed by atoms with Gasteiger partial charge < -0.3 is 9.47 Å². The van der Waals surface area contributed by atoms with Gasteiger partial charge in [0.05, 0.1) is 18.4 Å². The predicted molar refractivity (Wildman–Crippen MR) is 116 cm³/mol. The third kappa shape index (κ3) is 6.44. The molecule has 0 spiro atoms. The third-order valence-corrected chi connectivity index (χ3v) is 5.02. The van der Waals surface area contributed by atoms with E-state index in [1.54, 1.807) is 54.7 Å². The lowest BCUT2D eigenvalue weighted by molar-refractivity contribution is -0.125. The second-order valence-electron chi connectivity index (χ2n) is 7.40. The third-order valence-electron chi connectivity index (χ3n) is 5.02. The summed E-state index contributed by atoms with van der Waals surface area (Å²) < 4.78 is 10.9. The van der Waals surface area contributed by atoms with Crippen LogP contribution < -0.4 is 14.9 Å². The Hall–Kier alpha value is -3.15. The molecule has 158 valence electrons. The fourth-order valence-electron chi connectivity index (χ4n) is 3.32. The molecule has 0 aliphatic heterocycles. The highest BCUT2D eigenvalue weighted by Gasteiger charge is 2.20. The molecule has 0 atom stereocenters. The highest BCUT2D eigenvalue weighted by Crippen LogP contribution is 2.23. The minimum atomic E-state index is -0.432. The van der Waals surface area contributed by atoms with Gasteiger partial charge in [0, 0.05) is 5.92 Å². The smallest absolute Gasteiger partial charge is 0.343 e. The Balaban J connectivity index is 1.48. The predicted octanol–water partition coefficient (Wildman–Crippen LogP) is 4.73. The Morgan fingerprint density at radius 3 is 2.33 bits per heavy atom. The van der Waals surface area contributed by atoms with Crippen molar-refractivity contribution in [1.29, 1.82) is 0 Å². The van der Waals surface area contributed by atoms with Gasteiger partial charge in [0.1, 0.15) is 11.5 Å². The first kappa shape index (κ1) is 21.6. The van der Waals surface area contributed by atoms with Crippen LogP contribution in [-0.2, 0) is 4.79 Å². The number of rotatable bonds is 8. The highest BCUT2D eigenvalue weighted by molar-refractivity contribution is 5.91. The Morgan fingerprint density at radius 1 is 1.00 bits per heavy atom. The average Bonchev–Trinajstić information content (AvgIpc) is 2.79. The van der Waals surface area contributed by atoms with Crippen LogP contribution in [0.3, 0.4) is 0 Å². The zero-order valence-corrected chi connectivity index (χ0v) is 17.3. The molecule has 1 amide bonds. The van der Waals surface area contributed by atoms with E-state index in [4.69, 9.17) is 9.47 Å². The van der Waals surface area contributed by atoms with E-state index in [2.05, 4.69) is 10.5 Å². The number of nitrogens with one attached hydrogen (secondary N) is 1. The van der Waals surface area contributed by atoms with Gasteiger partial charge in [0.2, 0.25) is 5.91 Å². The second kappa shape index (κ2) is 11.1. The van der Waals surface area contributed by atoms with Gasteiger partial charge in [-0.2, -0.15) is 5.10 Å². The second-order valence-corrected chi connectivity index (χ2v) is 7.40. The molecular formula is C24H28N2O4. The first-order chi connectivity index (χ1) is 14.7. The summed E-state index contributed by atoms with van der Waals surface area (Å²) in [5.41, 5.74) is 3.88. The monoisotopic (exact) mass is 408 g/mol. The molecule has 3 rings (SSSR count). The van der Waals surface area contributed by atoms with Crippen molar-refractivity contribution in [2.24, 2.45) is 11.0 Å². The van der Waals surface area contributed by atoms with E-state index in [1.165, 1.54) is 6.42 Å². The van der Waals surface area contributed by atoms with Crippen molar-refractivity contribution in [3.63, 3.8) is 0 Å². The molecule has 1 fully saturated rings. The van der Waals surface area contributed by atoms with Crippen LogP contribution in [-0.4, -0.2) is 24.7 Å². The lowest BCUT2D eigenvalue weighted by Gasteiger charge is -2.19. The molecule has 1 saturated carbocycles. The van der Waals surface area contributed by atoms with Gasteiger partial charge in [0.25, 0.3) is 0 Å². The van der Waals surface area contributed by atoms with Crippen LogP contribution in [0.5, 0.6) is 11.5 Å². The molecule has 6 heteroatoms. The summed E-state index contributed by atoms with van der Waals surface area (Å²) in [5.74, 6) is 0.799. The number of hydrazone groups is 1. The summed E-state index contributed by atoms with van der Waals surface area (Å²) in [7, 11) is 0. The van der Waals surface area contributed by atoms with E-state index in [0.717, 1.165) is 43.4 Å². The lowest BCUT2D eigenvalue weighted by Crippen LogP contribution is -2.28. The topological polar surface area (TPSA) is 77.0 Å². The molecule has 0 saturated heterocycles. The fourth-order valence-corrected chi connectivity index (χ4v) is 3.32. The van der Waals surface area contributed by atoms with E-state index in [9.17, 15) is 9.59 Å².